The zero-order valence-corrected chi connectivity index (χ0v) is 11.9. The average molecular weight is 284 g/mol. The standard InChI is InChI=1S/C13H20N2O3S/c1-11-3-5-12(6-4-11)7-8-13(16)15-9-2-10-19(14,17)18/h3-6H,2,7-10H2,1H3,(H,15,16)(H2,14,17,18). The summed E-state index contributed by atoms with van der Waals surface area (Å²) in [6.45, 7) is 2.35. The van der Waals surface area contributed by atoms with Crippen LogP contribution in [0.2, 0.25) is 0 Å². The molecule has 0 saturated heterocycles. The van der Waals surface area contributed by atoms with Crippen molar-refractivity contribution in [3.05, 3.63) is 35.4 Å². The normalized spacial score (nSPS) is 11.3. The highest BCUT2D eigenvalue weighted by atomic mass is 32.2. The van der Waals surface area contributed by atoms with Crippen LogP contribution in [-0.2, 0) is 21.2 Å². The van der Waals surface area contributed by atoms with E-state index in [1.807, 2.05) is 31.2 Å². The summed E-state index contributed by atoms with van der Waals surface area (Å²) in [6.07, 6.45) is 1.43. The van der Waals surface area contributed by atoms with E-state index in [-0.39, 0.29) is 11.7 Å². The molecular weight excluding hydrogens is 264 g/mol. The molecule has 0 atom stereocenters. The maximum atomic E-state index is 11.5. The van der Waals surface area contributed by atoms with Crippen LogP contribution in [0.4, 0.5) is 0 Å². The zero-order chi connectivity index (χ0) is 14.3. The number of carbonyl (C=O) groups is 1. The third-order valence-electron chi connectivity index (χ3n) is 2.69. The van der Waals surface area contributed by atoms with Crippen LogP contribution in [-0.4, -0.2) is 26.6 Å². The lowest BCUT2D eigenvalue weighted by molar-refractivity contribution is -0.121. The van der Waals surface area contributed by atoms with Gasteiger partial charge in [0.15, 0.2) is 0 Å². The van der Waals surface area contributed by atoms with Gasteiger partial charge in [0, 0.05) is 13.0 Å². The molecule has 0 heterocycles. The Labute approximate surface area is 114 Å². The van der Waals surface area contributed by atoms with Crippen LogP contribution in [0.1, 0.15) is 24.0 Å². The van der Waals surface area contributed by atoms with Crippen molar-refractivity contribution >= 4 is 15.9 Å². The van der Waals surface area contributed by atoms with Crippen LogP contribution in [0.3, 0.4) is 0 Å². The number of nitrogens with two attached hydrogens (primary N) is 1. The average Bonchev–Trinajstić information content (AvgIpc) is 2.33. The van der Waals surface area contributed by atoms with E-state index < -0.39 is 10.0 Å². The highest BCUT2D eigenvalue weighted by Gasteiger charge is 2.04. The first-order valence-electron chi connectivity index (χ1n) is 6.19. The Hall–Kier alpha value is -1.40. The molecular formula is C13H20N2O3S. The first-order valence-corrected chi connectivity index (χ1v) is 7.91. The Balaban J connectivity index is 2.19. The second-order valence-electron chi connectivity index (χ2n) is 4.56. The largest absolute Gasteiger partial charge is 0.356 e. The van der Waals surface area contributed by atoms with E-state index in [0.29, 0.717) is 25.8 Å². The van der Waals surface area contributed by atoms with Gasteiger partial charge < -0.3 is 5.32 Å². The van der Waals surface area contributed by atoms with Gasteiger partial charge in [-0.25, -0.2) is 13.6 Å². The SMILES string of the molecule is Cc1ccc(CCC(=O)NCCCS(N)(=O)=O)cc1. The molecule has 1 rings (SSSR count). The lowest BCUT2D eigenvalue weighted by atomic mass is 10.1. The number of amides is 1. The summed E-state index contributed by atoms with van der Waals surface area (Å²) in [5.41, 5.74) is 2.31. The van der Waals surface area contributed by atoms with Crippen molar-refractivity contribution in [1.82, 2.24) is 5.32 Å². The molecule has 0 saturated carbocycles. The lowest BCUT2D eigenvalue weighted by Gasteiger charge is -2.05. The van der Waals surface area contributed by atoms with Crippen LogP contribution in [0, 0.1) is 6.92 Å². The molecule has 0 spiro atoms. The first-order chi connectivity index (χ1) is 8.87. The minimum absolute atomic E-state index is 0.0741. The molecule has 0 unspecified atom stereocenters. The van der Waals surface area contributed by atoms with Gasteiger partial charge in [-0.15, -0.1) is 0 Å². The Morgan fingerprint density at radius 2 is 1.89 bits per heavy atom. The fourth-order valence-corrected chi connectivity index (χ4v) is 2.15. The van der Waals surface area contributed by atoms with Gasteiger partial charge in [0.05, 0.1) is 5.75 Å². The highest BCUT2D eigenvalue weighted by molar-refractivity contribution is 7.89. The molecule has 6 heteroatoms. The quantitative estimate of drug-likeness (QED) is 0.723. The van der Waals surface area contributed by atoms with Crippen molar-refractivity contribution in [2.45, 2.75) is 26.2 Å². The molecule has 5 nitrogen and oxygen atoms in total. The number of hydrogen-bond donors (Lipinski definition) is 2. The molecule has 0 aromatic heterocycles. The van der Waals surface area contributed by atoms with Crippen molar-refractivity contribution in [3.8, 4) is 0 Å². The molecule has 106 valence electrons. The van der Waals surface area contributed by atoms with Crippen molar-refractivity contribution < 1.29 is 13.2 Å². The third kappa shape index (κ3) is 7.58. The number of benzene rings is 1. The van der Waals surface area contributed by atoms with Crippen LogP contribution in [0.5, 0.6) is 0 Å². The van der Waals surface area contributed by atoms with Gasteiger partial charge in [-0.3, -0.25) is 4.79 Å². The number of carbonyl (C=O) groups excluding carboxylic acids is 1. The van der Waals surface area contributed by atoms with E-state index in [1.165, 1.54) is 5.56 Å². The number of hydrogen-bond acceptors (Lipinski definition) is 3. The minimum Gasteiger partial charge on any atom is -0.356 e. The predicted octanol–water partition coefficient (Wildman–Crippen LogP) is 0.722. The van der Waals surface area contributed by atoms with Gasteiger partial charge >= 0.3 is 0 Å². The molecule has 1 aromatic carbocycles. The van der Waals surface area contributed by atoms with E-state index >= 15 is 0 Å². The Bertz CT molecular complexity index is 509. The smallest absolute Gasteiger partial charge is 0.220 e. The maximum absolute atomic E-state index is 11.5. The summed E-state index contributed by atoms with van der Waals surface area (Å²) in [6, 6.07) is 8.03. The minimum atomic E-state index is -3.43. The van der Waals surface area contributed by atoms with Crippen molar-refractivity contribution in [1.29, 1.82) is 0 Å². The van der Waals surface area contributed by atoms with Crippen molar-refractivity contribution in [2.75, 3.05) is 12.3 Å². The number of primary sulfonamides is 1. The van der Waals surface area contributed by atoms with Crippen LogP contribution in [0.25, 0.3) is 0 Å². The second kappa shape index (κ2) is 7.25. The van der Waals surface area contributed by atoms with E-state index in [4.69, 9.17) is 5.14 Å². The molecule has 0 aliphatic rings. The maximum Gasteiger partial charge on any atom is 0.220 e. The topological polar surface area (TPSA) is 89.3 Å². The van der Waals surface area contributed by atoms with Gasteiger partial charge in [-0.1, -0.05) is 29.8 Å². The van der Waals surface area contributed by atoms with Crippen molar-refractivity contribution in [2.24, 2.45) is 5.14 Å². The summed E-state index contributed by atoms with van der Waals surface area (Å²) in [7, 11) is -3.43. The molecule has 0 aliphatic heterocycles. The fraction of sp³-hybridized carbons (Fsp3) is 0.462. The Morgan fingerprint density at radius 3 is 2.47 bits per heavy atom. The lowest BCUT2D eigenvalue weighted by Crippen LogP contribution is -2.27. The van der Waals surface area contributed by atoms with Gasteiger partial charge in [0.25, 0.3) is 0 Å². The first kappa shape index (κ1) is 15.7. The van der Waals surface area contributed by atoms with Gasteiger partial charge in [-0.2, -0.15) is 0 Å². The summed E-state index contributed by atoms with van der Waals surface area (Å²) in [4.78, 5) is 11.5. The molecule has 0 aliphatic carbocycles. The molecule has 1 amide bonds. The molecule has 1 aromatic rings. The molecule has 0 fully saturated rings. The van der Waals surface area contributed by atoms with Gasteiger partial charge in [-0.05, 0) is 25.3 Å². The fourth-order valence-electron chi connectivity index (χ4n) is 1.60. The number of aryl methyl sites for hydroxylation is 2. The zero-order valence-electron chi connectivity index (χ0n) is 11.1. The number of rotatable bonds is 7. The van der Waals surface area contributed by atoms with E-state index in [0.717, 1.165) is 5.56 Å². The van der Waals surface area contributed by atoms with Crippen LogP contribution < -0.4 is 10.5 Å². The van der Waals surface area contributed by atoms with Gasteiger partial charge in [0.1, 0.15) is 0 Å². The predicted molar refractivity (Wildman–Crippen MR) is 75.1 cm³/mol. The van der Waals surface area contributed by atoms with Gasteiger partial charge in [0.2, 0.25) is 15.9 Å². The van der Waals surface area contributed by atoms with E-state index in [9.17, 15) is 13.2 Å². The van der Waals surface area contributed by atoms with E-state index in [1.54, 1.807) is 0 Å². The second-order valence-corrected chi connectivity index (χ2v) is 6.29. The number of sulfonamides is 1. The van der Waals surface area contributed by atoms with Crippen LogP contribution >= 0.6 is 0 Å². The highest BCUT2D eigenvalue weighted by Crippen LogP contribution is 2.05. The summed E-state index contributed by atoms with van der Waals surface area (Å²) < 4.78 is 21.4. The Morgan fingerprint density at radius 1 is 1.26 bits per heavy atom. The van der Waals surface area contributed by atoms with Crippen LogP contribution in [0.15, 0.2) is 24.3 Å². The van der Waals surface area contributed by atoms with Crippen molar-refractivity contribution in [3.63, 3.8) is 0 Å². The third-order valence-corrected chi connectivity index (χ3v) is 3.55. The molecule has 3 N–H and O–H groups in total. The summed E-state index contributed by atoms with van der Waals surface area (Å²) >= 11 is 0. The molecule has 0 radical (unpaired) electrons. The Kier molecular flexibility index (Phi) is 5.98. The molecule has 19 heavy (non-hydrogen) atoms. The summed E-state index contributed by atoms with van der Waals surface area (Å²) in [5, 5.41) is 7.54. The number of nitrogens with one attached hydrogen (secondary N) is 1. The monoisotopic (exact) mass is 284 g/mol. The van der Waals surface area contributed by atoms with E-state index in [2.05, 4.69) is 5.32 Å². The molecule has 0 bridgehead atoms. The summed E-state index contributed by atoms with van der Waals surface area (Å²) in [5.74, 6) is -0.180.